The highest BCUT2D eigenvalue weighted by atomic mass is 32.2. The Morgan fingerprint density at radius 3 is 1.66 bits per heavy atom. The fourth-order valence-electron chi connectivity index (χ4n) is 16.2. The number of fused-ring (bicyclic) bond motifs is 4. The molecule has 3 saturated heterocycles. The third-order valence-electron chi connectivity index (χ3n) is 23.6. The first kappa shape index (κ1) is 104. The molecular formula is C87H117N23O23S. The lowest BCUT2D eigenvalue weighted by Crippen LogP contribution is -2.62. The van der Waals surface area contributed by atoms with E-state index in [2.05, 4.69) is 73.1 Å². The van der Waals surface area contributed by atoms with Gasteiger partial charge in [-0.2, -0.15) is 0 Å². The lowest BCUT2D eigenvalue weighted by molar-refractivity contribution is -0.150. The molecule has 9 rings (SSSR count). The van der Waals surface area contributed by atoms with E-state index in [1.165, 1.54) is 64.9 Å². The summed E-state index contributed by atoms with van der Waals surface area (Å²) in [5, 5.41) is 68.6. The van der Waals surface area contributed by atoms with Crippen molar-refractivity contribution in [2.75, 3.05) is 65.4 Å². The number of phenolic OH excluding ortho intramolecular Hbond substituents is 1. The van der Waals surface area contributed by atoms with Crippen molar-refractivity contribution in [1.29, 1.82) is 0 Å². The molecule has 25 N–H and O–H groups in total. The largest absolute Gasteiger partial charge is 0.508 e. The zero-order valence-corrected chi connectivity index (χ0v) is 75.4. The second-order valence-corrected chi connectivity index (χ2v) is 34.2. The molecule has 6 heterocycles. The van der Waals surface area contributed by atoms with E-state index in [4.69, 9.17) is 22.9 Å². The average Bonchev–Trinajstić information content (AvgIpc) is 1.66. The van der Waals surface area contributed by atoms with E-state index in [0.29, 0.717) is 56.7 Å². The number of unbranched alkanes of at least 4 members (excludes halogenated alkanes) is 1. The molecule has 0 unspecified atom stereocenters. The number of para-hydroxylation sites is 2. The number of carboxylic acids is 2. The summed E-state index contributed by atoms with van der Waals surface area (Å²) in [6.07, 6.45) is -1.23. The maximum Gasteiger partial charge on any atom is 0.303 e. The van der Waals surface area contributed by atoms with Crippen LogP contribution < -0.4 is 76.1 Å². The number of nitrogens with two attached hydrogens (primary N) is 4. The van der Waals surface area contributed by atoms with Crippen LogP contribution in [0.1, 0.15) is 113 Å². The van der Waals surface area contributed by atoms with Gasteiger partial charge in [-0.05, 0) is 92.9 Å². The van der Waals surface area contributed by atoms with Gasteiger partial charge in [0.15, 0.2) is 0 Å². The number of aliphatic hydroxyl groups excluding tert-OH is 1. The van der Waals surface area contributed by atoms with Crippen molar-refractivity contribution in [3.63, 3.8) is 0 Å². The number of carbonyl (C=O) groups is 19. The standard InChI is InChI=1S/C87H117N23O23S/c1-6-7-17-65-80(126)104-63(36-89)79(125)105-64(75(121)95-40-70(91)114)42-134-43-71(115)97-60(30-46-19-21-50(111)22-20-46)83(129)106(3)45(2)74(120)102-62(35-69(90)113)86(132)109-29-12-18-66(109)81(127)101-59(33-49-39-92-44-96-49)78(124)99-57(23-25-72(116)117)85(131)110-41-51(112)34-68(110)82(128)100-58(31-47-37-93-54-15-10-8-13-52(47)54)77(123)98-56(27-28-88)76(122)103-61(32-48-38-94-55-16-11-9-14-53(48)55)84(130)108(5)67(24-26-73(118)119)87(133)107(65)4/h8-11,13-16,19-22,37-39,44-45,51,56-68,93-94,111-112H,6-7,12,17-18,23-36,40-43,88-89H2,1-5H3,(H2,90,113)(H2,91,114)(H,92,96)(H,95,121)(H,97,115)(H,98,123)(H,99,124)(H,100,128)(H,101,127)(H,102,120)(H,103,122)(H,104,126)(H,105,125)(H,116,117)(H,118,119)/t45-,51+,56-,57-,58-,59-,60-,61-,62-,63-,64-,65-,66-,67-,68-/m0/s1. The number of aromatic nitrogens is 4. The van der Waals surface area contributed by atoms with Gasteiger partial charge >= 0.3 is 11.9 Å². The molecule has 46 nitrogen and oxygen atoms in total. The van der Waals surface area contributed by atoms with Crippen LogP contribution in [0.3, 0.4) is 0 Å². The predicted molar refractivity (Wildman–Crippen MR) is 481 cm³/mol. The Morgan fingerprint density at radius 1 is 0.530 bits per heavy atom. The van der Waals surface area contributed by atoms with E-state index in [9.17, 15) is 78.0 Å². The molecule has 134 heavy (non-hydrogen) atoms. The van der Waals surface area contributed by atoms with Crippen LogP contribution in [0.5, 0.6) is 5.75 Å². The molecule has 724 valence electrons. The van der Waals surface area contributed by atoms with Gasteiger partial charge in [0.25, 0.3) is 0 Å². The Labute approximate surface area is 772 Å². The number of aromatic amines is 3. The van der Waals surface area contributed by atoms with Crippen molar-refractivity contribution in [1.82, 2.24) is 97.6 Å². The monoisotopic (exact) mass is 1880 g/mol. The Kier molecular flexibility index (Phi) is 37.8. The van der Waals surface area contributed by atoms with E-state index in [1.54, 1.807) is 67.8 Å². The molecule has 0 bridgehead atoms. The number of H-pyrrole nitrogens is 3. The number of amides is 17. The number of carbonyl (C=O) groups excluding carboxylic acids is 17. The molecule has 0 spiro atoms. The minimum Gasteiger partial charge on any atom is -0.508 e. The molecule has 17 amide bonds. The third kappa shape index (κ3) is 28.2. The van der Waals surface area contributed by atoms with Gasteiger partial charge in [0.05, 0.1) is 36.8 Å². The highest BCUT2D eigenvalue weighted by Crippen LogP contribution is 2.28. The maximum absolute atomic E-state index is 15.7. The van der Waals surface area contributed by atoms with Crippen LogP contribution in [0.2, 0.25) is 0 Å². The number of likely N-dealkylation sites (N-methyl/N-ethyl adjacent to an activating group) is 3. The number of phenols is 1. The lowest BCUT2D eigenvalue weighted by atomic mass is 10.00. The minimum atomic E-state index is -1.87. The van der Waals surface area contributed by atoms with Gasteiger partial charge in [-0.1, -0.05) is 68.3 Å². The van der Waals surface area contributed by atoms with Crippen molar-refractivity contribution in [2.24, 2.45) is 22.9 Å². The molecule has 6 aromatic rings. The Balaban J connectivity index is 1.10. The topological polar surface area (TPSA) is 706 Å². The molecule has 47 heteroatoms. The first-order valence-electron chi connectivity index (χ1n) is 43.7. The molecule has 0 radical (unpaired) electrons. The third-order valence-corrected chi connectivity index (χ3v) is 24.6. The second-order valence-electron chi connectivity index (χ2n) is 33.2. The Morgan fingerprint density at radius 2 is 1.07 bits per heavy atom. The number of aliphatic carboxylic acids is 2. The Hall–Kier alpha value is -14.1. The van der Waals surface area contributed by atoms with Crippen molar-refractivity contribution in [3.8, 4) is 5.75 Å². The molecule has 0 aliphatic carbocycles. The molecule has 3 aromatic carbocycles. The van der Waals surface area contributed by atoms with Crippen molar-refractivity contribution in [3.05, 3.63) is 120 Å². The maximum atomic E-state index is 15.7. The number of benzene rings is 3. The number of carboxylic acid groups (broad SMARTS) is 2. The number of primary amides is 2. The molecule has 3 fully saturated rings. The predicted octanol–water partition coefficient (Wildman–Crippen LogP) is -5.38. The van der Waals surface area contributed by atoms with Crippen LogP contribution in [-0.2, 0) is 117 Å². The molecular weight excluding hydrogens is 1770 g/mol. The summed E-state index contributed by atoms with van der Waals surface area (Å²) >= 11 is 0.713. The molecule has 3 aliphatic heterocycles. The highest BCUT2D eigenvalue weighted by molar-refractivity contribution is 8.00. The summed E-state index contributed by atoms with van der Waals surface area (Å²) in [6, 6.07) is -4.25. The minimum absolute atomic E-state index is 0.0868. The summed E-state index contributed by atoms with van der Waals surface area (Å²) in [5.74, 6) is -21.8. The van der Waals surface area contributed by atoms with Crippen LogP contribution in [0.25, 0.3) is 21.8 Å². The molecule has 3 aromatic heterocycles. The smallest absolute Gasteiger partial charge is 0.303 e. The summed E-state index contributed by atoms with van der Waals surface area (Å²) in [4.78, 5) is 291. The summed E-state index contributed by atoms with van der Waals surface area (Å²) in [5.41, 5.74) is 26.0. The molecule has 3 aliphatic rings. The van der Waals surface area contributed by atoms with Gasteiger partial charge in [0, 0.05) is 132 Å². The number of nitrogens with one attached hydrogen (secondary N) is 13. The van der Waals surface area contributed by atoms with E-state index >= 15 is 33.6 Å². The number of aliphatic hydroxyl groups is 1. The average molecular weight is 1890 g/mol. The number of rotatable bonds is 25. The van der Waals surface area contributed by atoms with Crippen LogP contribution in [0, 0.1) is 0 Å². The lowest BCUT2D eigenvalue weighted by Gasteiger charge is -2.36. The van der Waals surface area contributed by atoms with E-state index in [0.717, 1.165) is 24.5 Å². The number of aromatic hydroxyl groups is 1. The van der Waals surface area contributed by atoms with Crippen molar-refractivity contribution < 1.29 is 112 Å². The quantitative estimate of drug-likeness (QED) is 0.0254. The van der Waals surface area contributed by atoms with Crippen LogP contribution in [0.15, 0.2) is 97.7 Å². The second kappa shape index (κ2) is 48.9. The van der Waals surface area contributed by atoms with Gasteiger partial charge in [0.2, 0.25) is 100 Å². The normalized spacial score (nSPS) is 24.8. The van der Waals surface area contributed by atoms with Crippen LogP contribution in [-0.4, -0.2) is 333 Å². The van der Waals surface area contributed by atoms with Gasteiger partial charge < -0.3 is 136 Å². The van der Waals surface area contributed by atoms with E-state index in [-0.39, 0.29) is 75.9 Å². The number of hydrogen-bond donors (Lipinski definition) is 21. The highest BCUT2D eigenvalue weighted by Gasteiger charge is 2.47. The van der Waals surface area contributed by atoms with Crippen molar-refractivity contribution in [2.45, 2.75) is 207 Å². The molecule has 0 saturated carbocycles. The molecule has 15 atom stereocenters. The zero-order chi connectivity index (χ0) is 97.9. The van der Waals surface area contributed by atoms with Gasteiger partial charge in [-0.25, -0.2) is 4.98 Å². The Bertz CT molecular complexity index is 5270. The fourth-order valence-corrected chi connectivity index (χ4v) is 17.0. The van der Waals surface area contributed by atoms with Crippen LogP contribution >= 0.6 is 11.8 Å². The van der Waals surface area contributed by atoms with Gasteiger partial charge in [-0.3, -0.25) is 91.1 Å². The number of imidazole rings is 1. The number of nitrogens with zero attached hydrogens (tertiary/aromatic N) is 6. The number of hydrogen-bond acceptors (Lipinski definition) is 25. The summed E-state index contributed by atoms with van der Waals surface area (Å²) < 4.78 is 0. The first-order chi connectivity index (χ1) is 63.8. The van der Waals surface area contributed by atoms with Gasteiger partial charge in [0.1, 0.15) is 90.3 Å². The van der Waals surface area contributed by atoms with Gasteiger partial charge in [-0.15, -0.1) is 11.8 Å². The SMILES string of the molecule is CCCC[C@H]1C(=O)N[C@@H](CN)C(=O)N[C@H](C(=O)NCC(N)=O)CSCC(=O)N[C@@H](Cc2ccc(O)cc2)C(=O)N(C)[C@@H](C)C(=O)N[C@@H](CC(N)=O)C(=O)N2CCC[C@H]2C(=O)N[C@@H](Cc2c[nH]cn2)C(=O)N[C@@H](CCC(=O)O)C(=O)N2C[C@H](O)C[C@H]2C(=O)N[C@@H](Cc2c[nH]c3ccccc23)C(=O)N[C@@H](CCN)C(=O)N[C@@H](Cc2c[nH]c3ccccc23)C(=O)N(C)[C@@H](CCC(=O)O)C(=O)N1C. The summed E-state index contributed by atoms with van der Waals surface area (Å²) in [7, 11) is 3.54. The zero-order valence-electron chi connectivity index (χ0n) is 74.6. The number of thioether (sulfide) groups is 1. The van der Waals surface area contributed by atoms with Crippen LogP contribution in [0.4, 0.5) is 0 Å². The van der Waals surface area contributed by atoms with E-state index < -0.39 is 279 Å². The first-order valence-corrected chi connectivity index (χ1v) is 44.9. The van der Waals surface area contributed by atoms with E-state index in [1.807, 2.05) is 0 Å². The van der Waals surface area contributed by atoms with Crippen molar-refractivity contribution >= 4 is 146 Å². The fraction of sp³-hybridized carbons (Fsp3) is 0.494. The summed E-state index contributed by atoms with van der Waals surface area (Å²) in [6.45, 7) is 0.459.